The Morgan fingerprint density at radius 1 is 1.15 bits per heavy atom. The van der Waals surface area contributed by atoms with Gasteiger partial charge in [0, 0.05) is 18.6 Å². The molecule has 0 aliphatic carbocycles. The van der Waals surface area contributed by atoms with Crippen molar-refractivity contribution in [1.82, 2.24) is 10.2 Å². The van der Waals surface area contributed by atoms with E-state index in [9.17, 15) is 4.79 Å². The number of unbranched alkanes of at least 4 members (excludes halogenated alkanes) is 4. The highest BCUT2D eigenvalue weighted by molar-refractivity contribution is 5.78. The van der Waals surface area contributed by atoms with Crippen molar-refractivity contribution in [3.05, 3.63) is 0 Å². The molecular formula is C16H32N2O2. The lowest BCUT2D eigenvalue weighted by molar-refractivity contribution is -0.124. The number of nitrogens with one attached hydrogen (secondary N) is 1. The van der Waals surface area contributed by atoms with E-state index >= 15 is 0 Å². The maximum Gasteiger partial charge on any atom is 0.234 e. The van der Waals surface area contributed by atoms with E-state index in [0.717, 1.165) is 32.7 Å². The molecular weight excluding hydrogens is 252 g/mol. The van der Waals surface area contributed by atoms with Crippen molar-refractivity contribution in [2.75, 3.05) is 32.8 Å². The number of carbonyl (C=O) groups excluding carboxylic acids is 1. The molecule has 4 nitrogen and oxygen atoms in total. The molecule has 0 aromatic heterocycles. The van der Waals surface area contributed by atoms with E-state index in [4.69, 9.17) is 4.74 Å². The lowest BCUT2D eigenvalue weighted by atomic mass is 9.96. The van der Waals surface area contributed by atoms with E-state index in [0.29, 0.717) is 6.54 Å². The SMILES string of the molecule is CCCCCCCC(C)(C)NC(=O)CN1CCOCC1. The van der Waals surface area contributed by atoms with Crippen LogP contribution in [0.1, 0.15) is 59.3 Å². The number of amides is 1. The van der Waals surface area contributed by atoms with Gasteiger partial charge in [-0.1, -0.05) is 39.0 Å². The molecule has 0 radical (unpaired) electrons. The van der Waals surface area contributed by atoms with Gasteiger partial charge in [0.05, 0.1) is 19.8 Å². The van der Waals surface area contributed by atoms with Crippen molar-refractivity contribution in [3.63, 3.8) is 0 Å². The summed E-state index contributed by atoms with van der Waals surface area (Å²) in [7, 11) is 0. The van der Waals surface area contributed by atoms with E-state index in [1.54, 1.807) is 0 Å². The van der Waals surface area contributed by atoms with Gasteiger partial charge in [-0.05, 0) is 20.3 Å². The Hall–Kier alpha value is -0.610. The number of morpholine rings is 1. The van der Waals surface area contributed by atoms with Crippen LogP contribution in [-0.4, -0.2) is 49.2 Å². The summed E-state index contributed by atoms with van der Waals surface area (Å²) in [5.74, 6) is 0.144. The van der Waals surface area contributed by atoms with Gasteiger partial charge in [-0.25, -0.2) is 0 Å². The fraction of sp³-hybridized carbons (Fsp3) is 0.938. The van der Waals surface area contributed by atoms with Crippen LogP contribution in [0.3, 0.4) is 0 Å². The third-order valence-corrected chi connectivity index (χ3v) is 3.85. The molecule has 0 saturated carbocycles. The third kappa shape index (κ3) is 7.85. The first kappa shape index (κ1) is 17.4. The molecule has 0 aromatic carbocycles. The minimum atomic E-state index is -0.0877. The minimum Gasteiger partial charge on any atom is -0.379 e. The highest BCUT2D eigenvalue weighted by Gasteiger charge is 2.21. The summed E-state index contributed by atoms with van der Waals surface area (Å²) in [4.78, 5) is 14.2. The molecule has 0 aromatic rings. The average Bonchev–Trinajstić information content (AvgIpc) is 2.38. The largest absolute Gasteiger partial charge is 0.379 e. The predicted octanol–water partition coefficient (Wildman–Crippen LogP) is 2.57. The zero-order valence-corrected chi connectivity index (χ0v) is 13.5. The quantitative estimate of drug-likeness (QED) is 0.662. The van der Waals surface area contributed by atoms with Gasteiger partial charge in [-0.15, -0.1) is 0 Å². The standard InChI is InChI=1S/C16H32N2O2/c1-4-5-6-7-8-9-16(2,3)17-15(19)14-18-10-12-20-13-11-18/h4-14H2,1-3H3,(H,17,19). The van der Waals surface area contributed by atoms with Crippen molar-refractivity contribution in [3.8, 4) is 0 Å². The van der Waals surface area contributed by atoms with Crippen LogP contribution in [0.4, 0.5) is 0 Å². The van der Waals surface area contributed by atoms with Gasteiger partial charge in [-0.3, -0.25) is 9.69 Å². The summed E-state index contributed by atoms with van der Waals surface area (Å²) in [6, 6.07) is 0. The molecule has 1 aliphatic rings. The zero-order chi connectivity index (χ0) is 14.8. The summed E-state index contributed by atoms with van der Waals surface area (Å²) in [6.07, 6.45) is 7.45. The fourth-order valence-electron chi connectivity index (χ4n) is 2.61. The Balaban J connectivity index is 2.17. The molecule has 118 valence electrons. The van der Waals surface area contributed by atoms with E-state index in [1.807, 2.05) is 0 Å². The normalized spacial score (nSPS) is 17.1. The van der Waals surface area contributed by atoms with Gasteiger partial charge in [0.25, 0.3) is 0 Å². The summed E-state index contributed by atoms with van der Waals surface area (Å²) in [5, 5.41) is 3.17. The molecule has 1 N–H and O–H groups in total. The fourth-order valence-corrected chi connectivity index (χ4v) is 2.61. The summed E-state index contributed by atoms with van der Waals surface area (Å²) in [5.41, 5.74) is -0.0877. The highest BCUT2D eigenvalue weighted by atomic mass is 16.5. The first-order valence-electron chi connectivity index (χ1n) is 8.14. The van der Waals surface area contributed by atoms with Gasteiger partial charge >= 0.3 is 0 Å². The van der Waals surface area contributed by atoms with Crippen LogP contribution in [0.15, 0.2) is 0 Å². The second-order valence-electron chi connectivity index (χ2n) is 6.48. The van der Waals surface area contributed by atoms with Crippen LogP contribution >= 0.6 is 0 Å². The lowest BCUT2D eigenvalue weighted by Crippen LogP contribution is -2.49. The molecule has 0 unspecified atom stereocenters. The first-order chi connectivity index (χ1) is 9.53. The molecule has 1 aliphatic heterocycles. The maximum atomic E-state index is 12.1. The van der Waals surface area contributed by atoms with Crippen LogP contribution in [0, 0.1) is 0 Å². The Kier molecular flexibility index (Phi) is 8.15. The Morgan fingerprint density at radius 3 is 2.45 bits per heavy atom. The molecule has 1 fully saturated rings. The van der Waals surface area contributed by atoms with Gasteiger partial charge in [0.15, 0.2) is 0 Å². The maximum absolute atomic E-state index is 12.1. The highest BCUT2D eigenvalue weighted by Crippen LogP contribution is 2.15. The molecule has 0 bridgehead atoms. The Morgan fingerprint density at radius 2 is 1.80 bits per heavy atom. The second-order valence-corrected chi connectivity index (χ2v) is 6.48. The van der Waals surface area contributed by atoms with Crippen LogP contribution in [0.5, 0.6) is 0 Å². The molecule has 1 heterocycles. The van der Waals surface area contributed by atoms with E-state index in [-0.39, 0.29) is 11.4 Å². The number of hydrogen-bond acceptors (Lipinski definition) is 3. The molecule has 0 spiro atoms. The summed E-state index contributed by atoms with van der Waals surface area (Å²) >= 11 is 0. The van der Waals surface area contributed by atoms with Gasteiger partial charge in [-0.2, -0.15) is 0 Å². The van der Waals surface area contributed by atoms with E-state index in [1.165, 1.54) is 32.1 Å². The number of nitrogens with zero attached hydrogens (tertiary/aromatic N) is 1. The lowest BCUT2D eigenvalue weighted by Gasteiger charge is -2.30. The van der Waals surface area contributed by atoms with E-state index in [2.05, 4.69) is 31.0 Å². The topological polar surface area (TPSA) is 41.6 Å². The molecule has 1 saturated heterocycles. The smallest absolute Gasteiger partial charge is 0.234 e. The number of rotatable bonds is 9. The van der Waals surface area contributed by atoms with Crippen molar-refractivity contribution >= 4 is 5.91 Å². The summed E-state index contributed by atoms with van der Waals surface area (Å²) in [6.45, 7) is 10.2. The van der Waals surface area contributed by atoms with Crippen LogP contribution in [0.25, 0.3) is 0 Å². The summed E-state index contributed by atoms with van der Waals surface area (Å²) < 4.78 is 5.29. The predicted molar refractivity (Wildman–Crippen MR) is 82.9 cm³/mol. The minimum absolute atomic E-state index is 0.0877. The molecule has 1 rings (SSSR count). The second kappa shape index (κ2) is 9.35. The van der Waals surface area contributed by atoms with E-state index < -0.39 is 0 Å². The van der Waals surface area contributed by atoms with Gasteiger partial charge in [0.2, 0.25) is 5.91 Å². The van der Waals surface area contributed by atoms with Gasteiger partial charge in [0.1, 0.15) is 0 Å². The number of hydrogen-bond donors (Lipinski definition) is 1. The van der Waals surface area contributed by atoms with Crippen molar-refractivity contribution < 1.29 is 9.53 Å². The van der Waals surface area contributed by atoms with Crippen LogP contribution in [0.2, 0.25) is 0 Å². The first-order valence-corrected chi connectivity index (χ1v) is 8.14. The van der Waals surface area contributed by atoms with Gasteiger partial charge < -0.3 is 10.1 Å². The van der Waals surface area contributed by atoms with Crippen molar-refractivity contribution in [2.24, 2.45) is 0 Å². The molecule has 4 heteroatoms. The van der Waals surface area contributed by atoms with Crippen molar-refractivity contribution in [1.29, 1.82) is 0 Å². The van der Waals surface area contributed by atoms with Crippen molar-refractivity contribution in [2.45, 2.75) is 64.8 Å². The number of carbonyl (C=O) groups is 1. The van der Waals surface area contributed by atoms with Crippen LogP contribution in [-0.2, 0) is 9.53 Å². The Bertz CT molecular complexity index is 274. The number of ether oxygens (including phenoxy) is 1. The molecule has 1 amide bonds. The Labute approximate surface area is 124 Å². The van der Waals surface area contributed by atoms with Crippen LogP contribution < -0.4 is 5.32 Å². The molecule has 0 atom stereocenters. The average molecular weight is 284 g/mol. The molecule has 20 heavy (non-hydrogen) atoms. The third-order valence-electron chi connectivity index (χ3n) is 3.85. The zero-order valence-electron chi connectivity index (χ0n) is 13.5. The monoisotopic (exact) mass is 284 g/mol.